The molecule has 0 atom stereocenters. The molecule has 25 heavy (non-hydrogen) atoms. The molecule has 2 aliphatic rings. The van der Waals surface area contributed by atoms with Crippen LogP contribution in [0.5, 0.6) is 0 Å². The Kier molecular flexibility index (Phi) is 6.72. The number of rotatable bonds is 2. The molecule has 1 saturated carbocycles. The van der Waals surface area contributed by atoms with Crippen molar-refractivity contribution in [2.45, 2.75) is 37.6 Å². The number of benzene rings is 1. The van der Waals surface area contributed by atoms with Crippen molar-refractivity contribution in [3.63, 3.8) is 0 Å². The minimum Gasteiger partial charge on any atom is -0.339 e. The Bertz CT molecular complexity index is 615. The highest BCUT2D eigenvalue weighted by Gasteiger charge is 2.40. The van der Waals surface area contributed by atoms with E-state index in [4.69, 9.17) is 17.3 Å². The SMILES string of the molecule is Cl.NC1(C(=O)N2CCCN(C(=O)c3ccc(Cl)cc3)CC2)CCCC1. The summed E-state index contributed by atoms with van der Waals surface area (Å²) in [6.07, 6.45) is 4.38. The Labute approximate surface area is 159 Å². The van der Waals surface area contributed by atoms with Gasteiger partial charge in [-0.25, -0.2) is 0 Å². The van der Waals surface area contributed by atoms with Gasteiger partial charge in [-0.15, -0.1) is 12.4 Å². The summed E-state index contributed by atoms with van der Waals surface area (Å²) in [7, 11) is 0. The highest BCUT2D eigenvalue weighted by Crippen LogP contribution is 2.29. The predicted molar refractivity (Wildman–Crippen MR) is 101 cm³/mol. The van der Waals surface area contributed by atoms with E-state index in [1.54, 1.807) is 24.3 Å². The topological polar surface area (TPSA) is 66.6 Å². The minimum atomic E-state index is -0.685. The molecular formula is C18H25Cl2N3O2. The van der Waals surface area contributed by atoms with Gasteiger partial charge in [0, 0.05) is 36.8 Å². The van der Waals surface area contributed by atoms with E-state index in [2.05, 4.69) is 0 Å². The summed E-state index contributed by atoms with van der Waals surface area (Å²) in [6, 6.07) is 6.93. The number of amides is 2. The summed E-state index contributed by atoms with van der Waals surface area (Å²) in [4.78, 5) is 29.0. The highest BCUT2D eigenvalue weighted by molar-refractivity contribution is 6.30. The molecule has 138 valence electrons. The molecule has 1 saturated heterocycles. The van der Waals surface area contributed by atoms with Crippen LogP contribution in [0.1, 0.15) is 42.5 Å². The van der Waals surface area contributed by atoms with Crippen LogP contribution in [-0.4, -0.2) is 53.3 Å². The second-order valence-electron chi connectivity index (χ2n) is 6.81. The van der Waals surface area contributed by atoms with Gasteiger partial charge in [-0.2, -0.15) is 0 Å². The first-order valence-corrected chi connectivity index (χ1v) is 9.00. The van der Waals surface area contributed by atoms with E-state index >= 15 is 0 Å². The molecule has 1 aromatic rings. The number of nitrogens with zero attached hydrogens (tertiary/aromatic N) is 2. The van der Waals surface area contributed by atoms with Gasteiger partial charge in [0.1, 0.15) is 0 Å². The Morgan fingerprint density at radius 2 is 1.48 bits per heavy atom. The van der Waals surface area contributed by atoms with E-state index in [0.29, 0.717) is 36.8 Å². The standard InChI is InChI=1S/C18H24ClN3O2.ClH/c19-15-6-4-14(5-7-15)16(23)21-10-3-11-22(13-12-21)17(24)18(20)8-1-2-9-18;/h4-7H,1-3,8-13,20H2;1H. The zero-order valence-electron chi connectivity index (χ0n) is 14.2. The van der Waals surface area contributed by atoms with E-state index in [1.165, 1.54) is 0 Å². The normalized spacial score (nSPS) is 19.9. The van der Waals surface area contributed by atoms with Gasteiger partial charge in [0.15, 0.2) is 0 Å². The summed E-state index contributed by atoms with van der Waals surface area (Å²) in [5, 5.41) is 0.615. The molecule has 5 nitrogen and oxygen atoms in total. The first kappa shape index (κ1) is 20.0. The molecule has 3 rings (SSSR count). The van der Waals surface area contributed by atoms with Crippen molar-refractivity contribution in [3.05, 3.63) is 34.9 Å². The van der Waals surface area contributed by atoms with Crippen LogP contribution in [0.3, 0.4) is 0 Å². The Morgan fingerprint density at radius 1 is 0.920 bits per heavy atom. The Hall–Kier alpha value is -1.30. The van der Waals surface area contributed by atoms with Crippen LogP contribution in [0.4, 0.5) is 0 Å². The average molecular weight is 386 g/mol. The minimum absolute atomic E-state index is 0. The molecule has 1 aliphatic carbocycles. The zero-order chi connectivity index (χ0) is 17.2. The fourth-order valence-electron chi connectivity index (χ4n) is 3.63. The Morgan fingerprint density at radius 3 is 2.12 bits per heavy atom. The predicted octanol–water partition coefficient (Wildman–Crippen LogP) is 2.71. The number of carbonyl (C=O) groups excluding carboxylic acids is 2. The van der Waals surface area contributed by atoms with Crippen LogP contribution in [0.25, 0.3) is 0 Å². The lowest BCUT2D eigenvalue weighted by atomic mass is 9.97. The van der Waals surface area contributed by atoms with E-state index in [1.807, 2.05) is 9.80 Å². The smallest absolute Gasteiger partial charge is 0.253 e. The molecule has 1 aliphatic heterocycles. The first-order chi connectivity index (χ1) is 11.5. The molecular weight excluding hydrogens is 361 g/mol. The summed E-state index contributed by atoms with van der Waals surface area (Å²) >= 11 is 5.88. The van der Waals surface area contributed by atoms with Gasteiger partial charge >= 0.3 is 0 Å². The van der Waals surface area contributed by atoms with Crippen molar-refractivity contribution in [1.82, 2.24) is 9.80 Å². The largest absolute Gasteiger partial charge is 0.339 e. The molecule has 1 aromatic carbocycles. The summed E-state index contributed by atoms with van der Waals surface area (Å²) in [5.41, 5.74) is 6.24. The van der Waals surface area contributed by atoms with E-state index in [0.717, 1.165) is 32.1 Å². The van der Waals surface area contributed by atoms with Crippen molar-refractivity contribution in [3.8, 4) is 0 Å². The van der Waals surface area contributed by atoms with Crippen molar-refractivity contribution >= 4 is 35.8 Å². The zero-order valence-corrected chi connectivity index (χ0v) is 15.8. The van der Waals surface area contributed by atoms with Crippen LogP contribution in [-0.2, 0) is 4.79 Å². The van der Waals surface area contributed by atoms with Crippen LogP contribution < -0.4 is 5.73 Å². The maximum Gasteiger partial charge on any atom is 0.253 e. The fourth-order valence-corrected chi connectivity index (χ4v) is 3.76. The lowest BCUT2D eigenvalue weighted by Gasteiger charge is -2.30. The van der Waals surface area contributed by atoms with E-state index in [9.17, 15) is 9.59 Å². The van der Waals surface area contributed by atoms with Crippen LogP contribution in [0, 0.1) is 0 Å². The number of halogens is 2. The molecule has 7 heteroatoms. The van der Waals surface area contributed by atoms with Crippen molar-refractivity contribution in [1.29, 1.82) is 0 Å². The van der Waals surface area contributed by atoms with Crippen LogP contribution >= 0.6 is 24.0 Å². The summed E-state index contributed by atoms with van der Waals surface area (Å²) in [6.45, 7) is 2.42. The monoisotopic (exact) mass is 385 g/mol. The number of hydrogen-bond acceptors (Lipinski definition) is 3. The molecule has 0 bridgehead atoms. The van der Waals surface area contributed by atoms with Gasteiger partial charge in [0.2, 0.25) is 5.91 Å². The van der Waals surface area contributed by atoms with Gasteiger partial charge < -0.3 is 15.5 Å². The van der Waals surface area contributed by atoms with Crippen molar-refractivity contribution in [2.75, 3.05) is 26.2 Å². The van der Waals surface area contributed by atoms with Gasteiger partial charge in [0.05, 0.1) is 5.54 Å². The van der Waals surface area contributed by atoms with E-state index in [-0.39, 0.29) is 24.2 Å². The Balaban J connectivity index is 0.00000225. The third-order valence-electron chi connectivity index (χ3n) is 5.08. The summed E-state index contributed by atoms with van der Waals surface area (Å²) in [5.74, 6) is 0.0464. The second kappa shape index (κ2) is 8.39. The maximum absolute atomic E-state index is 12.7. The quantitative estimate of drug-likeness (QED) is 0.850. The third-order valence-corrected chi connectivity index (χ3v) is 5.34. The average Bonchev–Trinajstić information content (AvgIpc) is 2.89. The molecule has 2 fully saturated rings. The van der Waals surface area contributed by atoms with Gasteiger partial charge in [-0.1, -0.05) is 24.4 Å². The summed E-state index contributed by atoms with van der Waals surface area (Å²) < 4.78 is 0. The van der Waals surface area contributed by atoms with Crippen LogP contribution in [0.2, 0.25) is 5.02 Å². The molecule has 0 spiro atoms. The third kappa shape index (κ3) is 4.46. The van der Waals surface area contributed by atoms with Gasteiger partial charge in [0.25, 0.3) is 5.91 Å². The number of carbonyl (C=O) groups is 2. The maximum atomic E-state index is 12.7. The molecule has 0 unspecified atom stereocenters. The molecule has 0 radical (unpaired) electrons. The van der Waals surface area contributed by atoms with Crippen molar-refractivity contribution < 1.29 is 9.59 Å². The first-order valence-electron chi connectivity index (χ1n) is 8.63. The molecule has 2 N–H and O–H groups in total. The van der Waals surface area contributed by atoms with Crippen molar-refractivity contribution in [2.24, 2.45) is 5.73 Å². The second-order valence-corrected chi connectivity index (χ2v) is 7.24. The van der Waals surface area contributed by atoms with Crippen LogP contribution in [0.15, 0.2) is 24.3 Å². The fraction of sp³-hybridized carbons (Fsp3) is 0.556. The molecule has 2 amide bonds. The number of nitrogens with two attached hydrogens (primary N) is 1. The molecule has 0 aromatic heterocycles. The van der Waals surface area contributed by atoms with Gasteiger partial charge in [-0.3, -0.25) is 9.59 Å². The lowest BCUT2D eigenvalue weighted by Crippen LogP contribution is -2.54. The molecule has 1 heterocycles. The number of hydrogen-bond donors (Lipinski definition) is 1. The lowest BCUT2D eigenvalue weighted by molar-refractivity contribution is -0.136. The highest BCUT2D eigenvalue weighted by atomic mass is 35.5. The van der Waals surface area contributed by atoms with E-state index < -0.39 is 5.54 Å². The van der Waals surface area contributed by atoms with Gasteiger partial charge in [-0.05, 0) is 43.5 Å².